The normalized spacial score (nSPS) is 29.1. The summed E-state index contributed by atoms with van der Waals surface area (Å²) in [5.74, 6) is 0.881. The molecule has 1 saturated carbocycles. The molecule has 0 amide bonds. The topological polar surface area (TPSA) is 32.3 Å². The van der Waals surface area contributed by atoms with Gasteiger partial charge in [0.2, 0.25) is 0 Å². The minimum atomic E-state index is -0.193. The summed E-state index contributed by atoms with van der Waals surface area (Å²) in [4.78, 5) is 0. The Morgan fingerprint density at radius 1 is 1.38 bits per heavy atom. The molecule has 0 spiro atoms. The largest absolute Gasteiger partial charge is 0.393 e. The predicted molar refractivity (Wildman–Crippen MR) is 69.5 cm³/mol. The first-order valence-electron chi connectivity index (χ1n) is 6.80. The average molecular weight is 227 g/mol. The molecule has 96 valence electrons. The van der Waals surface area contributed by atoms with Gasteiger partial charge < -0.3 is 10.4 Å². The van der Waals surface area contributed by atoms with Gasteiger partial charge in [0, 0.05) is 12.6 Å². The van der Waals surface area contributed by atoms with Crippen LogP contribution in [-0.2, 0) is 0 Å². The number of hydrogen-bond acceptors (Lipinski definition) is 2. The van der Waals surface area contributed by atoms with Crippen molar-refractivity contribution in [2.24, 2.45) is 11.3 Å². The maximum absolute atomic E-state index is 9.44. The zero-order valence-corrected chi connectivity index (χ0v) is 11.4. The van der Waals surface area contributed by atoms with Crippen molar-refractivity contribution in [3.63, 3.8) is 0 Å². The Morgan fingerprint density at radius 3 is 2.62 bits per heavy atom. The van der Waals surface area contributed by atoms with Crippen LogP contribution in [0.1, 0.15) is 59.8 Å². The van der Waals surface area contributed by atoms with E-state index in [9.17, 15) is 5.11 Å². The first-order valence-corrected chi connectivity index (χ1v) is 6.80. The van der Waals surface area contributed by atoms with E-state index in [0.29, 0.717) is 6.04 Å². The fourth-order valence-electron chi connectivity index (χ4n) is 2.91. The third-order valence-corrected chi connectivity index (χ3v) is 3.65. The summed E-state index contributed by atoms with van der Waals surface area (Å²) in [5, 5.41) is 13.1. The molecule has 0 radical (unpaired) electrons. The number of aliphatic hydroxyl groups excluding tert-OH is 1. The summed E-state index contributed by atoms with van der Waals surface area (Å²) >= 11 is 0. The third kappa shape index (κ3) is 5.31. The van der Waals surface area contributed by atoms with Gasteiger partial charge in [-0.1, -0.05) is 33.6 Å². The highest BCUT2D eigenvalue weighted by molar-refractivity contribution is 4.80. The van der Waals surface area contributed by atoms with Crippen LogP contribution in [0.15, 0.2) is 0 Å². The standard InChI is InChI=1S/C14H29NO/c1-11-6-5-7-13(8-11)15-10-14(3,4)9-12(2)16/h11-13,15-16H,5-10H2,1-4H3. The summed E-state index contributed by atoms with van der Waals surface area (Å²) in [7, 11) is 0. The quantitative estimate of drug-likeness (QED) is 0.757. The second-order valence-corrected chi connectivity index (χ2v) is 6.57. The summed E-state index contributed by atoms with van der Waals surface area (Å²) in [6.07, 6.45) is 6.11. The highest BCUT2D eigenvalue weighted by Gasteiger charge is 2.23. The third-order valence-electron chi connectivity index (χ3n) is 3.65. The first-order chi connectivity index (χ1) is 7.39. The summed E-state index contributed by atoms with van der Waals surface area (Å²) in [6, 6.07) is 0.706. The minimum absolute atomic E-state index is 0.193. The van der Waals surface area contributed by atoms with E-state index in [1.54, 1.807) is 0 Å². The number of hydrogen-bond donors (Lipinski definition) is 2. The zero-order valence-electron chi connectivity index (χ0n) is 11.4. The Balaban J connectivity index is 2.27. The van der Waals surface area contributed by atoms with Crippen LogP contribution in [0.4, 0.5) is 0 Å². The summed E-state index contributed by atoms with van der Waals surface area (Å²) < 4.78 is 0. The monoisotopic (exact) mass is 227 g/mol. The number of aliphatic hydroxyl groups is 1. The van der Waals surface area contributed by atoms with E-state index >= 15 is 0 Å². The van der Waals surface area contributed by atoms with Crippen molar-refractivity contribution in [2.45, 2.75) is 71.9 Å². The van der Waals surface area contributed by atoms with Gasteiger partial charge in [-0.05, 0) is 37.5 Å². The van der Waals surface area contributed by atoms with Crippen molar-refractivity contribution in [3.8, 4) is 0 Å². The van der Waals surface area contributed by atoms with E-state index in [2.05, 4.69) is 26.1 Å². The molecule has 1 fully saturated rings. The van der Waals surface area contributed by atoms with Gasteiger partial charge >= 0.3 is 0 Å². The average Bonchev–Trinajstić information content (AvgIpc) is 2.13. The van der Waals surface area contributed by atoms with Crippen LogP contribution in [0, 0.1) is 11.3 Å². The van der Waals surface area contributed by atoms with Gasteiger partial charge in [-0.2, -0.15) is 0 Å². The fourth-order valence-corrected chi connectivity index (χ4v) is 2.91. The second kappa shape index (κ2) is 6.02. The molecule has 0 saturated heterocycles. The van der Waals surface area contributed by atoms with Crippen molar-refractivity contribution in [1.82, 2.24) is 5.32 Å². The minimum Gasteiger partial charge on any atom is -0.393 e. The lowest BCUT2D eigenvalue weighted by Gasteiger charge is -2.32. The molecular weight excluding hydrogens is 198 g/mol. The molecule has 2 heteroatoms. The molecule has 3 unspecified atom stereocenters. The molecule has 0 aliphatic heterocycles. The Kier molecular flexibility index (Phi) is 5.26. The molecule has 0 aromatic rings. The Bertz CT molecular complexity index is 201. The van der Waals surface area contributed by atoms with Gasteiger partial charge in [0.25, 0.3) is 0 Å². The van der Waals surface area contributed by atoms with Crippen LogP contribution >= 0.6 is 0 Å². The molecule has 2 nitrogen and oxygen atoms in total. The smallest absolute Gasteiger partial charge is 0.0517 e. The van der Waals surface area contributed by atoms with Crippen molar-refractivity contribution >= 4 is 0 Å². The van der Waals surface area contributed by atoms with Gasteiger partial charge in [-0.3, -0.25) is 0 Å². The Labute approximate surface area is 101 Å². The SMILES string of the molecule is CC(O)CC(C)(C)CNC1CCCC(C)C1. The molecule has 2 N–H and O–H groups in total. The Hall–Kier alpha value is -0.0800. The van der Waals surface area contributed by atoms with Crippen molar-refractivity contribution in [3.05, 3.63) is 0 Å². The maximum Gasteiger partial charge on any atom is 0.0517 e. The zero-order chi connectivity index (χ0) is 12.2. The molecule has 0 aromatic heterocycles. The summed E-state index contributed by atoms with van der Waals surface area (Å²) in [5.41, 5.74) is 0.203. The van der Waals surface area contributed by atoms with Crippen LogP contribution < -0.4 is 5.32 Å². The summed E-state index contributed by atoms with van der Waals surface area (Å²) in [6.45, 7) is 9.73. The molecule has 16 heavy (non-hydrogen) atoms. The van der Waals surface area contributed by atoms with Gasteiger partial charge in [0.1, 0.15) is 0 Å². The second-order valence-electron chi connectivity index (χ2n) is 6.57. The van der Waals surface area contributed by atoms with E-state index in [0.717, 1.165) is 18.9 Å². The highest BCUT2D eigenvalue weighted by atomic mass is 16.3. The lowest BCUT2D eigenvalue weighted by atomic mass is 9.84. The van der Waals surface area contributed by atoms with Crippen molar-refractivity contribution in [1.29, 1.82) is 0 Å². The molecule has 0 bridgehead atoms. The van der Waals surface area contributed by atoms with Gasteiger partial charge in [-0.25, -0.2) is 0 Å². The molecule has 1 aliphatic rings. The molecule has 1 rings (SSSR count). The predicted octanol–water partition coefficient (Wildman–Crippen LogP) is 2.95. The van der Waals surface area contributed by atoms with Crippen LogP contribution in [0.3, 0.4) is 0 Å². The molecule has 0 heterocycles. The van der Waals surface area contributed by atoms with Crippen LogP contribution in [0.25, 0.3) is 0 Å². The highest BCUT2D eigenvalue weighted by Crippen LogP contribution is 2.26. The van der Waals surface area contributed by atoms with Gasteiger partial charge in [-0.15, -0.1) is 0 Å². The number of nitrogens with one attached hydrogen (secondary N) is 1. The number of rotatable bonds is 5. The molecule has 0 aromatic carbocycles. The maximum atomic E-state index is 9.44. The van der Waals surface area contributed by atoms with Crippen molar-refractivity contribution < 1.29 is 5.11 Å². The van der Waals surface area contributed by atoms with Gasteiger partial charge in [0.05, 0.1) is 6.10 Å². The van der Waals surface area contributed by atoms with E-state index in [4.69, 9.17) is 0 Å². The van der Waals surface area contributed by atoms with Crippen LogP contribution in [0.2, 0.25) is 0 Å². The lowest BCUT2D eigenvalue weighted by molar-refractivity contribution is 0.124. The molecule has 3 atom stereocenters. The lowest BCUT2D eigenvalue weighted by Crippen LogP contribution is -2.40. The van der Waals surface area contributed by atoms with E-state index in [1.165, 1.54) is 25.7 Å². The van der Waals surface area contributed by atoms with Crippen LogP contribution in [0.5, 0.6) is 0 Å². The first kappa shape index (κ1) is 14.0. The molecule has 1 aliphatic carbocycles. The van der Waals surface area contributed by atoms with E-state index in [1.807, 2.05) is 6.92 Å². The van der Waals surface area contributed by atoms with Crippen LogP contribution in [-0.4, -0.2) is 23.8 Å². The van der Waals surface area contributed by atoms with E-state index < -0.39 is 0 Å². The molecular formula is C14H29NO. The van der Waals surface area contributed by atoms with Gasteiger partial charge in [0.15, 0.2) is 0 Å². The fraction of sp³-hybridized carbons (Fsp3) is 1.00. The Morgan fingerprint density at radius 2 is 2.06 bits per heavy atom. The van der Waals surface area contributed by atoms with E-state index in [-0.39, 0.29) is 11.5 Å². The van der Waals surface area contributed by atoms with Crippen molar-refractivity contribution in [2.75, 3.05) is 6.54 Å².